The zero-order chi connectivity index (χ0) is 41.7. The van der Waals surface area contributed by atoms with Crippen LogP contribution in [0.2, 0.25) is 0 Å². The number of aliphatic hydroxyl groups excluding tert-OH is 7. The van der Waals surface area contributed by atoms with Crippen molar-refractivity contribution in [3.63, 3.8) is 0 Å². The van der Waals surface area contributed by atoms with Crippen LogP contribution in [0.15, 0.2) is 0 Å². The molecule has 2 rings (SSSR count). The largest absolute Gasteiger partial charge is 0.457 e. The SMILES string of the molecule is CCCCCCCCCCCCCCCCCCCOCC(COC1OC(COC2OC(CO)C(O)C(O)C2O)C(O)C(O)C1O)OC(=O)CCCCCCCC. The molecule has 2 fully saturated rings. The van der Waals surface area contributed by atoms with Crippen LogP contribution in [0, 0.1) is 0 Å². The molecule has 0 saturated carbocycles. The normalized spacial score (nSPS) is 28.4. The van der Waals surface area contributed by atoms with Crippen molar-refractivity contribution in [3.05, 3.63) is 0 Å². The Kier molecular flexibility index (Phi) is 29.9. The van der Waals surface area contributed by atoms with E-state index in [1.165, 1.54) is 96.3 Å². The van der Waals surface area contributed by atoms with Gasteiger partial charge in [0.15, 0.2) is 12.6 Å². The van der Waals surface area contributed by atoms with Gasteiger partial charge < -0.3 is 64.2 Å². The lowest BCUT2D eigenvalue weighted by Crippen LogP contribution is -2.61. The molecular weight excluding hydrogens is 740 g/mol. The predicted molar refractivity (Wildman–Crippen MR) is 215 cm³/mol. The van der Waals surface area contributed by atoms with E-state index in [1.807, 2.05) is 0 Å². The molecule has 0 aromatic rings. The number of esters is 1. The molecular formula is C43H82O14. The Morgan fingerprint density at radius 3 is 1.42 bits per heavy atom. The lowest BCUT2D eigenvalue weighted by Gasteiger charge is -2.42. The molecule has 2 aliphatic heterocycles. The van der Waals surface area contributed by atoms with E-state index in [-0.39, 0.29) is 25.6 Å². The Morgan fingerprint density at radius 1 is 0.509 bits per heavy atom. The molecule has 0 radical (unpaired) electrons. The van der Waals surface area contributed by atoms with Crippen LogP contribution in [-0.4, -0.2) is 142 Å². The molecule has 7 N–H and O–H groups in total. The highest BCUT2D eigenvalue weighted by Crippen LogP contribution is 2.26. The third-order valence-corrected chi connectivity index (χ3v) is 11.1. The van der Waals surface area contributed by atoms with Gasteiger partial charge in [-0.2, -0.15) is 0 Å². The lowest BCUT2D eigenvalue weighted by atomic mass is 9.98. The molecule has 2 heterocycles. The Labute approximate surface area is 342 Å². The zero-order valence-corrected chi connectivity index (χ0v) is 35.3. The number of hydrogen-bond acceptors (Lipinski definition) is 14. The van der Waals surface area contributed by atoms with Gasteiger partial charge in [0.2, 0.25) is 0 Å². The van der Waals surface area contributed by atoms with E-state index in [1.54, 1.807) is 0 Å². The van der Waals surface area contributed by atoms with Gasteiger partial charge in [-0.05, 0) is 12.8 Å². The fraction of sp³-hybridized carbons (Fsp3) is 0.977. The summed E-state index contributed by atoms with van der Waals surface area (Å²) in [5.41, 5.74) is 0. The molecule has 11 unspecified atom stereocenters. The van der Waals surface area contributed by atoms with E-state index in [0.29, 0.717) is 13.0 Å². The Bertz CT molecular complexity index is 959. The van der Waals surface area contributed by atoms with Gasteiger partial charge >= 0.3 is 5.97 Å². The lowest BCUT2D eigenvalue weighted by molar-refractivity contribution is -0.332. The van der Waals surface area contributed by atoms with Crippen molar-refractivity contribution < 1.29 is 69.0 Å². The topological polar surface area (TPSA) is 214 Å². The van der Waals surface area contributed by atoms with Crippen molar-refractivity contribution >= 4 is 5.97 Å². The second-order valence-corrected chi connectivity index (χ2v) is 16.2. The number of hydrogen-bond donors (Lipinski definition) is 7. The molecule has 0 bridgehead atoms. The maximum absolute atomic E-state index is 12.8. The van der Waals surface area contributed by atoms with Gasteiger partial charge in [0.05, 0.1) is 26.4 Å². The second-order valence-electron chi connectivity index (χ2n) is 16.2. The van der Waals surface area contributed by atoms with Crippen LogP contribution >= 0.6 is 0 Å². The minimum absolute atomic E-state index is 0.0682. The average Bonchev–Trinajstić information content (AvgIpc) is 3.21. The molecule has 0 amide bonds. The number of carbonyl (C=O) groups is 1. The minimum Gasteiger partial charge on any atom is -0.457 e. The zero-order valence-electron chi connectivity index (χ0n) is 35.3. The van der Waals surface area contributed by atoms with Crippen molar-refractivity contribution in [3.8, 4) is 0 Å². The molecule has 0 aromatic heterocycles. The maximum Gasteiger partial charge on any atom is 0.306 e. The van der Waals surface area contributed by atoms with E-state index in [4.69, 9.17) is 28.4 Å². The van der Waals surface area contributed by atoms with E-state index in [2.05, 4.69) is 13.8 Å². The number of ether oxygens (including phenoxy) is 6. The first kappa shape index (κ1) is 52.1. The quantitative estimate of drug-likeness (QED) is 0.0333. The summed E-state index contributed by atoms with van der Waals surface area (Å²) in [6.07, 6.45) is 12.1. The summed E-state index contributed by atoms with van der Waals surface area (Å²) in [5, 5.41) is 71.7. The second kappa shape index (κ2) is 32.7. The summed E-state index contributed by atoms with van der Waals surface area (Å²) in [4.78, 5) is 12.8. The van der Waals surface area contributed by atoms with Crippen molar-refractivity contribution in [2.45, 2.75) is 235 Å². The van der Waals surface area contributed by atoms with Crippen LogP contribution in [0.1, 0.15) is 168 Å². The van der Waals surface area contributed by atoms with Crippen molar-refractivity contribution in [2.75, 3.05) is 33.0 Å². The van der Waals surface area contributed by atoms with E-state index < -0.39 is 80.7 Å². The molecule has 0 aromatic carbocycles. The summed E-state index contributed by atoms with van der Waals surface area (Å²) in [6, 6.07) is 0. The van der Waals surface area contributed by atoms with Crippen molar-refractivity contribution in [2.24, 2.45) is 0 Å². The highest BCUT2D eigenvalue weighted by atomic mass is 16.7. The first-order valence-corrected chi connectivity index (χ1v) is 22.6. The van der Waals surface area contributed by atoms with Crippen molar-refractivity contribution in [1.29, 1.82) is 0 Å². The Balaban J connectivity index is 1.74. The van der Waals surface area contributed by atoms with Gasteiger partial charge in [-0.1, -0.05) is 149 Å². The summed E-state index contributed by atoms with van der Waals surface area (Å²) in [6.45, 7) is 3.63. The molecule has 14 heteroatoms. The summed E-state index contributed by atoms with van der Waals surface area (Å²) >= 11 is 0. The third kappa shape index (κ3) is 21.9. The number of aliphatic hydroxyl groups is 7. The van der Waals surface area contributed by atoms with Crippen LogP contribution in [0.25, 0.3) is 0 Å². The molecule has 57 heavy (non-hydrogen) atoms. The molecule has 0 spiro atoms. The molecule has 0 aliphatic carbocycles. The average molecular weight is 823 g/mol. The van der Waals surface area contributed by atoms with Crippen LogP contribution in [0.4, 0.5) is 0 Å². The maximum atomic E-state index is 12.8. The first-order valence-electron chi connectivity index (χ1n) is 22.6. The van der Waals surface area contributed by atoms with E-state index in [9.17, 15) is 40.5 Å². The van der Waals surface area contributed by atoms with E-state index >= 15 is 0 Å². The van der Waals surface area contributed by atoms with Crippen LogP contribution < -0.4 is 0 Å². The van der Waals surface area contributed by atoms with Crippen LogP contribution in [0.3, 0.4) is 0 Å². The van der Waals surface area contributed by atoms with Gasteiger partial charge in [-0.15, -0.1) is 0 Å². The summed E-state index contributed by atoms with van der Waals surface area (Å²) < 4.78 is 34.0. The van der Waals surface area contributed by atoms with Gasteiger partial charge in [0.25, 0.3) is 0 Å². The standard InChI is InChI=1S/C43H82O14/c1-3-5-7-9-11-12-13-14-15-16-17-18-19-20-21-23-25-27-52-29-32(55-35(45)26-24-22-10-8-6-4-2)30-53-42-41(51)39(49)37(47)34(57-42)31-54-43-40(50)38(48)36(46)33(28-44)56-43/h32-34,36-44,46-51H,3-31H2,1-2H3. The number of rotatable bonds is 35. The number of carbonyl (C=O) groups excluding carboxylic acids is 1. The highest BCUT2D eigenvalue weighted by molar-refractivity contribution is 5.69. The van der Waals surface area contributed by atoms with Gasteiger partial charge in [0, 0.05) is 13.0 Å². The molecule has 2 aliphatic rings. The van der Waals surface area contributed by atoms with Gasteiger partial charge in [-0.3, -0.25) is 4.79 Å². The Morgan fingerprint density at radius 2 is 0.930 bits per heavy atom. The monoisotopic (exact) mass is 823 g/mol. The smallest absolute Gasteiger partial charge is 0.306 e. The molecule has 338 valence electrons. The first-order chi connectivity index (χ1) is 27.6. The summed E-state index contributed by atoms with van der Waals surface area (Å²) in [5.74, 6) is -0.383. The highest BCUT2D eigenvalue weighted by Gasteiger charge is 2.47. The van der Waals surface area contributed by atoms with Crippen LogP contribution in [0.5, 0.6) is 0 Å². The predicted octanol–water partition coefficient (Wildman–Crippen LogP) is 4.96. The van der Waals surface area contributed by atoms with E-state index in [0.717, 1.165) is 44.9 Å². The summed E-state index contributed by atoms with van der Waals surface area (Å²) in [7, 11) is 0. The fourth-order valence-electron chi connectivity index (χ4n) is 7.34. The van der Waals surface area contributed by atoms with Gasteiger partial charge in [-0.25, -0.2) is 0 Å². The van der Waals surface area contributed by atoms with Gasteiger partial charge in [0.1, 0.15) is 54.9 Å². The molecule has 14 nitrogen and oxygen atoms in total. The van der Waals surface area contributed by atoms with Crippen molar-refractivity contribution in [1.82, 2.24) is 0 Å². The molecule has 2 saturated heterocycles. The molecule has 11 atom stereocenters. The Hall–Kier alpha value is -1.01. The number of unbranched alkanes of at least 4 members (excludes halogenated alkanes) is 21. The fourth-order valence-corrected chi connectivity index (χ4v) is 7.34. The van der Waals surface area contributed by atoms with Crippen LogP contribution in [-0.2, 0) is 33.2 Å². The third-order valence-electron chi connectivity index (χ3n) is 11.1. The minimum atomic E-state index is -1.70.